The van der Waals surface area contributed by atoms with Crippen molar-refractivity contribution in [3.05, 3.63) is 29.8 Å². The standard InChI is InChI=1S/C16H22N4O7/c17-6-13(23)19-11(5-9-1-3-10(22)4-2-9)16(27)20-12(8-21)15(26)18-7-14(24)25/h1-4,11-12,21-22H,5-8,17H2,(H,18,26)(H,19,23)(H,20,27)(H,24,25). The number of nitrogens with two attached hydrogens (primary N) is 1. The van der Waals surface area contributed by atoms with E-state index < -0.39 is 48.9 Å². The van der Waals surface area contributed by atoms with Crippen LogP contribution >= 0.6 is 0 Å². The van der Waals surface area contributed by atoms with Crippen molar-refractivity contribution in [1.29, 1.82) is 0 Å². The number of aliphatic hydroxyl groups is 1. The molecule has 1 rings (SSSR count). The number of nitrogens with one attached hydrogen (secondary N) is 3. The van der Waals surface area contributed by atoms with E-state index in [-0.39, 0.29) is 18.7 Å². The lowest BCUT2D eigenvalue weighted by Crippen LogP contribution is -2.56. The first-order valence-corrected chi connectivity index (χ1v) is 7.94. The summed E-state index contributed by atoms with van der Waals surface area (Å²) >= 11 is 0. The number of aliphatic carboxylic acids is 1. The zero-order valence-electron chi connectivity index (χ0n) is 14.3. The van der Waals surface area contributed by atoms with Gasteiger partial charge < -0.3 is 37.0 Å². The fraction of sp³-hybridized carbons (Fsp3) is 0.375. The van der Waals surface area contributed by atoms with Crippen molar-refractivity contribution in [2.24, 2.45) is 5.73 Å². The van der Waals surface area contributed by atoms with Gasteiger partial charge in [0.2, 0.25) is 17.7 Å². The molecular weight excluding hydrogens is 360 g/mol. The number of carboxylic acids is 1. The molecule has 0 saturated carbocycles. The predicted molar refractivity (Wildman–Crippen MR) is 92.5 cm³/mol. The lowest BCUT2D eigenvalue weighted by molar-refractivity contribution is -0.138. The Morgan fingerprint density at radius 2 is 1.63 bits per heavy atom. The van der Waals surface area contributed by atoms with Gasteiger partial charge in [0, 0.05) is 6.42 Å². The third-order valence-electron chi connectivity index (χ3n) is 3.44. The van der Waals surface area contributed by atoms with Gasteiger partial charge in [-0.25, -0.2) is 0 Å². The molecule has 0 spiro atoms. The van der Waals surface area contributed by atoms with Gasteiger partial charge in [0.15, 0.2) is 0 Å². The number of aromatic hydroxyl groups is 1. The molecule has 8 N–H and O–H groups in total. The second kappa shape index (κ2) is 10.7. The minimum absolute atomic E-state index is 0.0289. The van der Waals surface area contributed by atoms with Crippen LogP contribution in [0.15, 0.2) is 24.3 Å². The molecule has 0 heterocycles. The zero-order chi connectivity index (χ0) is 20.4. The van der Waals surface area contributed by atoms with Crippen molar-refractivity contribution in [3.63, 3.8) is 0 Å². The molecular formula is C16H22N4O7. The van der Waals surface area contributed by atoms with E-state index >= 15 is 0 Å². The van der Waals surface area contributed by atoms with Gasteiger partial charge in [0.25, 0.3) is 0 Å². The lowest BCUT2D eigenvalue weighted by atomic mass is 10.0. The molecule has 0 aliphatic heterocycles. The highest BCUT2D eigenvalue weighted by molar-refractivity contribution is 5.93. The Labute approximate surface area is 154 Å². The second-order valence-electron chi connectivity index (χ2n) is 5.55. The van der Waals surface area contributed by atoms with Gasteiger partial charge in [-0.1, -0.05) is 12.1 Å². The van der Waals surface area contributed by atoms with E-state index in [1.807, 2.05) is 5.32 Å². The van der Waals surface area contributed by atoms with Crippen molar-refractivity contribution in [1.82, 2.24) is 16.0 Å². The number of benzene rings is 1. The Morgan fingerprint density at radius 3 is 2.15 bits per heavy atom. The SMILES string of the molecule is NCC(=O)NC(Cc1ccc(O)cc1)C(=O)NC(CO)C(=O)NCC(=O)O. The van der Waals surface area contributed by atoms with E-state index in [0.29, 0.717) is 5.56 Å². The Morgan fingerprint density at radius 1 is 1.00 bits per heavy atom. The molecule has 148 valence electrons. The first-order chi connectivity index (χ1) is 12.8. The summed E-state index contributed by atoms with van der Waals surface area (Å²) in [5.74, 6) is -3.52. The van der Waals surface area contributed by atoms with Crippen LogP contribution in [0.2, 0.25) is 0 Å². The molecule has 0 aliphatic rings. The van der Waals surface area contributed by atoms with Crippen molar-refractivity contribution >= 4 is 23.7 Å². The highest BCUT2D eigenvalue weighted by atomic mass is 16.4. The minimum atomic E-state index is -1.39. The molecule has 0 aliphatic carbocycles. The highest BCUT2D eigenvalue weighted by Gasteiger charge is 2.26. The molecule has 3 amide bonds. The molecule has 11 heteroatoms. The van der Waals surface area contributed by atoms with Crippen molar-refractivity contribution < 1.29 is 34.5 Å². The molecule has 0 radical (unpaired) electrons. The summed E-state index contributed by atoms with van der Waals surface area (Å²) in [6.07, 6.45) is 0.0345. The van der Waals surface area contributed by atoms with E-state index in [1.165, 1.54) is 12.1 Å². The van der Waals surface area contributed by atoms with Crippen LogP contribution < -0.4 is 21.7 Å². The molecule has 0 saturated heterocycles. The van der Waals surface area contributed by atoms with Crippen LogP contribution in [0.4, 0.5) is 0 Å². The average molecular weight is 382 g/mol. The fourth-order valence-electron chi connectivity index (χ4n) is 2.08. The van der Waals surface area contributed by atoms with Crippen molar-refractivity contribution in [2.45, 2.75) is 18.5 Å². The van der Waals surface area contributed by atoms with Gasteiger partial charge in [-0.2, -0.15) is 0 Å². The second-order valence-corrected chi connectivity index (χ2v) is 5.55. The van der Waals surface area contributed by atoms with Crippen LogP contribution in [0.25, 0.3) is 0 Å². The topological polar surface area (TPSA) is 191 Å². The van der Waals surface area contributed by atoms with E-state index in [1.54, 1.807) is 12.1 Å². The van der Waals surface area contributed by atoms with Crippen LogP contribution in [0.1, 0.15) is 5.56 Å². The van der Waals surface area contributed by atoms with Crippen LogP contribution in [0.3, 0.4) is 0 Å². The van der Waals surface area contributed by atoms with Gasteiger partial charge in [-0.05, 0) is 17.7 Å². The van der Waals surface area contributed by atoms with Gasteiger partial charge >= 0.3 is 5.97 Å². The number of hydrogen-bond acceptors (Lipinski definition) is 7. The van der Waals surface area contributed by atoms with Crippen LogP contribution in [-0.2, 0) is 25.6 Å². The molecule has 11 nitrogen and oxygen atoms in total. The normalized spacial score (nSPS) is 12.5. The molecule has 1 aromatic carbocycles. The van der Waals surface area contributed by atoms with E-state index in [9.17, 15) is 29.4 Å². The summed E-state index contributed by atoms with van der Waals surface area (Å²) in [5, 5.41) is 33.8. The fourth-order valence-corrected chi connectivity index (χ4v) is 2.08. The number of rotatable bonds is 10. The largest absolute Gasteiger partial charge is 0.508 e. The number of phenols is 1. The molecule has 0 aromatic heterocycles. The van der Waals surface area contributed by atoms with Gasteiger partial charge in [-0.3, -0.25) is 19.2 Å². The van der Waals surface area contributed by atoms with E-state index in [0.717, 1.165) is 0 Å². The Balaban J connectivity index is 2.84. The molecule has 1 aromatic rings. The molecule has 2 atom stereocenters. The molecule has 0 fully saturated rings. The maximum atomic E-state index is 12.5. The predicted octanol–water partition coefficient (Wildman–Crippen LogP) is -2.94. The first-order valence-electron chi connectivity index (χ1n) is 7.94. The summed E-state index contributed by atoms with van der Waals surface area (Å²) in [7, 11) is 0. The monoisotopic (exact) mass is 382 g/mol. The van der Waals surface area contributed by atoms with Crippen LogP contribution in [0.5, 0.6) is 5.75 Å². The van der Waals surface area contributed by atoms with E-state index in [2.05, 4.69) is 10.6 Å². The maximum Gasteiger partial charge on any atom is 0.322 e. The number of hydrogen-bond donors (Lipinski definition) is 7. The molecule has 2 unspecified atom stereocenters. The van der Waals surface area contributed by atoms with Gasteiger partial charge in [0.05, 0.1) is 13.2 Å². The minimum Gasteiger partial charge on any atom is -0.508 e. The molecule has 0 bridgehead atoms. The van der Waals surface area contributed by atoms with Gasteiger partial charge in [-0.15, -0.1) is 0 Å². The van der Waals surface area contributed by atoms with Crippen LogP contribution in [-0.4, -0.2) is 70.8 Å². The summed E-state index contributed by atoms with van der Waals surface area (Å²) < 4.78 is 0. The van der Waals surface area contributed by atoms with Crippen molar-refractivity contribution in [2.75, 3.05) is 19.7 Å². The quantitative estimate of drug-likeness (QED) is 0.223. The lowest BCUT2D eigenvalue weighted by Gasteiger charge is -2.22. The number of aliphatic hydroxyl groups excluding tert-OH is 1. The summed E-state index contributed by atoms with van der Waals surface area (Å²) in [4.78, 5) is 46.4. The third kappa shape index (κ3) is 7.71. The Hall–Kier alpha value is -3.18. The van der Waals surface area contributed by atoms with Crippen molar-refractivity contribution in [3.8, 4) is 5.75 Å². The smallest absolute Gasteiger partial charge is 0.322 e. The summed E-state index contributed by atoms with van der Waals surface area (Å²) in [6.45, 7) is -1.80. The van der Waals surface area contributed by atoms with Gasteiger partial charge in [0.1, 0.15) is 24.4 Å². The highest BCUT2D eigenvalue weighted by Crippen LogP contribution is 2.11. The number of amides is 3. The zero-order valence-corrected chi connectivity index (χ0v) is 14.3. The third-order valence-corrected chi connectivity index (χ3v) is 3.44. The number of carboxylic acid groups (broad SMARTS) is 1. The number of carbonyl (C=O) groups excluding carboxylic acids is 3. The first kappa shape index (κ1) is 21.9. The molecule has 27 heavy (non-hydrogen) atoms. The number of carbonyl (C=O) groups is 4. The van der Waals surface area contributed by atoms with Crippen LogP contribution in [0, 0.1) is 0 Å². The Kier molecular flexibility index (Phi) is 8.69. The summed E-state index contributed by atoms with van der Waals surface area (Å²) in [6, 6.07) is 3.41. The Bertz CT molecular complexity index is 678. The average Bonchev–Trinajstić information content (AvgIpc) is 2.64. The number of phenolic OH excluding ortho intramolecular Hbond substituents is 1. The maximum absolute atomic E-state index is 12.5. The summed E-state index contributed by atoms with van der Waals surface area (Å²) in [5.41, 5.74) is 5.85. The van der Waals surface area contributed by atoms with E-state index in [4.69, 9.17) is 10.8 Å².